The van der Waals surface area contributed by atoms with Crippen LogP contribution in [0.3, 0.4) is 0 Å². The Hall–Kier alpha value is -2.04. The second kappa shape index (κ2) is 7.29. The van der Waals surface area contributed by atoms with E-state index < -0.39 is 6.10 Å². The zero-order chi connectivity index (χ0) is 16.1. The lowest BCUT2D eigenvalue weighted by Gasteiger charge is -2.34. The Morgan fingerprint density at radius 1 is 1.14 bits per heavy atom. The summed E-state index contributed by atoms with van der Waals surface area (Å²) in [5, 5.41) is 0. The molecule has 1 fully saturated rings. The Kier molecular flexibility index (Phi) is 5.41. The van der Waals surface area contributed by atoms with Gasteiger partial charge in [0.25, 0.3) is 5.91 Å². The highest BCUT2D eigenvalue weighted by Gasteiger charge is 2.26. The molecular formula is C17H24N2O3. The van der Waals surface area contributed by atoms with Crippen LogP contribution in [0.5, 0.6) is 5.75 Å². The molecule has 0 aromatic heterocycles. The zero-order valence-electron chi connectivity index (χ0n) is 13.5. The van der Waals surface area contributed by atoms with E-state index in [9.17, 15) is 9.59 Å². The zero-order valence-corrected chi connectivity index (χ0v) is 13.5. The van der Waals surface area contributed by atoms with Crippen LogP contribution in [0.4, 0.5) is 0 Å². The van der Waals surface area contributed by atoms with Gasteiger partial charge in [-0.1, -0.05) is 32.0 Å². The highest BCUT2D eigenvalue weighted by molar-refractivity contribution is 5.81. The molecule has 1 saturated heterocycles. The first-order valence-electron chi connectivity index (χ1n) is 7.76. The van der Waals surface area contributed by atoms with Crippen LogP contribution < -0.4 is 4.74 Å². The lowest BCUT2D eigenvalue weighted by molar-refractivity contribution is -0.141. The molecule has 0 radical (unpaired) electrons. The summed E-state index contributed by atoms with van der Waals surface area (Å²) >= 11 is 0. The van der Waals surface area contributed by atoms with Crippen LogP contribution in [0.1, 0.15) is 32.3 Å². The molecule has 1 aliphatic heterocycles. The summed E-state index contributed by atoms with van der Waals surface area (Å²) < 4.78 is 5.90. The number of amides is 2. The van der Waals surface area contributed by atoms with E-state index >= 15 is 0 Å². The molecule has 1 atom stereocenters. The first-order valence-corrected chi connectivity index (χ1v) is 7.76. The fourth-order valence-electron chi connectivity index (χ4n) is 2.61. The number of nitrogens with zero attached hydrogens (tertiary/aromatic N) is 2. The van der Waals surface area contributed by atoms with Crippen LogP contribution in [-0.2, 0) is 9.59 Å². The number of para-hydroxylation sites is 1. The Bertz CT molecular complexity index is 522. The van der Waals surface area contributed by atoms with Crippen molar-refractivity contribution in [3.63, 3.8) is 0 Å². The van der Waals surface area contributed by atoms with Gasteiger partial charge in [0.15, 0.2) is 6.10 Å². The molecule has 0 saturated carbocycles. The lowest BCUT2D eigenvalue weighted by Crippen LogP contribution is -2.51. The molecule has 120 valence electrons. The summed E-state index contributed by atoms with van der Waals surface area (Å²) in [7, 11) is 0. The van der Waals surface area contributed by atoms with E-state index in [4.69, 9.17) is 4.74 Å². The number of benzene rings is 1. The van der Waals surface area contributed by atoms with Crippen molar-refractivity contribution in [2.45, 2.75) is 32.8 Å². The van der Waals surface area contributed by atoms with E-state index in [1.165, 1.54) is 0 Å². The summed E-state index contributed by atoms with van der Waals surface area (Å²) in [6.45, 7) is 8.30. The van der Waals surface area contributed by atoms with Gasteiger partial charge in [0, 0.05) is 26.2 Å². The molecule has 1 aliphatic rings. The van der Waals surface area contributed by atoms with Crippen LogP contribution >= 0.6 is 0 Å². The third-order valence-electron chi connectivity index (χ3n) is 3.97. The van der Waals surface area contributed by atoms with E-state index in [-0.39, 0.29) is 5.91 Å². The number of hydrogen-bond acceptors (Lipinski definition) is 3. The SMILES string of the molecule is CC(Oc1ccccc1C(C)C)C(=O)N1CCN(C=O)CC1. The Morgan fingerprint density at radius 3 is 2.36 bits per heavy atom. The van der Waals surface area contributed by atoms with Crippen molar-refractivity contribution in [3.05, 3.63) is 29.8 Å². The molecule has 1 aromatic carbocycles. The highest BCUT2D eigenvalue weighted by atomic mass is 16.5. The number of carbonyl (C=O) groups is 2. The molecule has 0 spiro atoms. The van der Waals surface area contributed by atoms with E-state index in [1.54, 1.807) is 16.7 Å². The van der Waals surface area contributed by atoms with Crippen molar-refractivity contribution in [1.82, 2.24) is 9.80 Å². The van der Waals surface area contributed by atoms with Gasteiger partial charge in [-0.25, -0.2) is 0 Å². The molecule has 2 rings (SSSR count). The van der Waals surface area contributed by atoms with Crippen LogP contribution in [0.2, 0.25) is 0 Å². The summed E-state index contributed by atoms with van der Waals surface area (Å²) in [5.74, 6) is 1.09. The fourth-order valence-corrected chi connectivity index (χ4v) is 2.61. The highest BCUT2D eigenvalue weighted by Crippen LogP contribution is 2.27. The largest absolute Gasteiger partial charge is 0.481 e. The second-order valence-corrected chi connectivity index (χ2v) is 5.92. The average Bonchev–Trinajstić information content (AvgIpc) is 2.54. The number of hydrogen-bond donors (Lipinski definition) is 0. The first kappa shape index (κ1) is 16.3. The smallest absolute Gasteiger partial charge is 0.263 e. The quantitative estimate of drug-likeness (QED) is 0.780. The van der Waals surface area contributed by atoms with Crippen molar-refractivity contribution >= 4 is 12.3 Å². The lowest BCUT2D eigenvalue weighted by atomic mass is 10.0. The minimum atomic E-state index is -0.525. The molecule has 0 aliphatic carbocycles. The predicted octanol–water partition coefficient (Wildman–Crippen LogP) is 1.88. The molecule has 0 bridgehead atoms. The van der Waals surface area contributed by atoms with E-state index in [1.807, 2.05) is 24.3 Å². The van der Waals surface area contributed by atoms with Crippen LogP contribution in [-0.4, -0.2) is 54.4 Å². The first-order chi connectivity index (χ1) is 10.5. The van der Waals surface area contributed by atoms with E-state index in [0.29, 0.717) is 32.1 Å². The third kappa shape index (κ3) is 3.78. The number of carbonyl (C=O) groups excluding carboxylic acids is 2. The number of ether oxygens (including phenoxy) is 1. The monoisotopic (exact) mass is 304 g/mol. The van der Waals surface area contributed by atoms with Crippen molar-refractivity contribution in [1.29, 1.82) is 0 Å². The molecule has 1 aromatic rings. The Labute approximate surface area is 131 Å². The normalized spacial score (nSPS) is 16.5. The Balaban J connectivity index is 1.99. The van der Waals surface area contributed by atoms with Crippen molar-refractivity contribution in [2.24, 2.45) is 0 Å². The molecule has 1 heterocycles. The van der Waals surface area contributed by atoms with Crippen LogP contribution in [0.25, 0.3) is 0 Å². The van der Waals surface area contributed by atoms with Crippen molar-refractivity contribution < 1.29 is 14.3 Å². The standard InChI is InChI=1S/C17H24N2O3/c1-13(2)15-6-4-5-7-16(15)22-14(3)17(21)19-10-8-18(12-20)9-11-19/h4-7,12-14H,8-11H2,1-3H3. The van der Waals surface area contributed by atoms with Gasteiger partial charge < -0.3 is 14.5 Å². The van der Waals surface area contributed by atoms with Crippen molar-refractivity contribution in [3.8, 4) is 5.75 Å². The van der Waals surface area contributed by atoms with Gasteiger partial charge in [0.2, 0.25) is 6.41 Å². The molecule has 5 nitrogen and oxygen atoms in total. The van der Waals surface area contributed by atoms with Gasteiger partial charge >= 0.3 is 0 Å². The van der Waals surface area contributed by atoms with Crippen LogP contribution in [0.15, 0.2) is 24.3 Å². The van der Waals surface area contributed by atoms with E-state index in [0.717, 1.165) is 17.7 Å². The number of rotatable bonds is 5. The van der Waals surface area contributed by atoms with Gasteiger partial charge in [0.1, 0.15) is 5.75 Å². The third-order valence-corrected chi connectivity index (χ3v) is 3.97. The fraction of sp³-hybridized carbons (Fsp3) is 0.529. The maximum Gasteiger partial charge on any atom is 0.263 e. The summed E-state index contributed by atoms with van der Waals surface area (Å²) in [5.41, 5.74) is 1.10. The van der Waals surface area contributed by atoms with Crippen molar-refractivity contribution in [2.75, 3.05) is 26.2 Å². The maximum atomic E-state index is 12.5. The molecule has 22 heavy (non-hydrogen) atoms. The predicted molar refractivity (Wildman–Crippen MR) is 84.8 cm³/mol. The number of piperazine rings is 1. The molecular weight excluding hydrogens is 280 g/mol. The van der Waals surface area contributed by atoms with Gasteiger partial charge in [-0.2, -0.15) is 0 Å². The maximum absolute atomic E-state index is 12.5. The minimum Gasteiger partial charge on any atom is -0.481 e. The van der Waals surface area contributed by atoms with E-state index in [2.05, 4.69) is 13.8 Å². The molecule has 1 unspecified atom stereocenters. The molecule has 5 heteroatoms. The Morgan fingerprint density at radius 2 is 1.77 bits per heavy atom. The topological polar surface area (TPSA) is 49.9 Å². The van der Waals surface area contributed by atoms with Gasteiger partial charge in [-0.3, -0.25) is 9.59 Å². The van der Waals surface area contributed by atoms with Gasteiger partial charge in [-0.15, -0.1) is 0 Å². The summed E-state index contributed by atoms with van der Waals surface area (Å²) in [6.07, 6.45) is 0.309. The molecule has 2 amide bonds. The average molecular weight is 304 g/mol. The van der Waals surface area contributed by atoms with Gasteiger partial charge in [0.05, 0.1) is 0 Å². The minimum absolute atomic E-state index is 0.0240. The molecule has 0 N–H and O–H groups in total. The summed E-state index contributed by atoms with van der Waals surface area (Å²) in [4.78, 5) is 26.6. The second-order valence-electron chi connectivity index (χ2n) is 5.92. The summed E-state index contributed by atoms with van der Waals surface area (Å²) in [6, 6.07) is 7.83. The van der Waals surface area contributed by atoms with Crippen LogP contribution in [0, 0.1) is 0 Å². The van der Waals surface area contributed by atoms with Gasteiger partial charge in [-0.05, 0) is 24.5 Å².